The van der Waals surface area contributed by atoms with Gasteiger partial charge in [-0.3, -0.25) is 14.2 Å². The number of anilines is 1. The van der Waals surface area contributed by atoms with Gasteiger partial charge in [-0.2, -0.15) is 0 Å². The molecule has 2 heterocycles. The molecule has 1 N–H and O–H groups in total. The van der Waals surface area contributed by atoms with Gasteiger partial charge in [0, 0.05) is 21.2 Å². The predicted octanol–water partition coefficient (Wildman–Crippen LogP) is 5.03. The van der Waals surface area contributed by atoms with E-state index in [9.17, 15) is 9.59 Å². The number of rotatable bonds is 4. The van der Waals surface area contributed by atoms with Crippen LogP contribution in [0.2, 0.25) is 5.02 Å². The van der Waals surface area contributed by atoms with Crippen LogP contribution >= 0.6 is 22.9 Å². The van der Waals surface area contributed by atoms with Crippen molar-refractivity contribution < 1.29 is 4.79 Å². The van der Waals surface area contributed by atoms with Crippen molar-refractivity contribution >= 4 is 44.7 Å². The van der Waals surface area contributed by atoms with Crippen LogP contribution in [0.25, 0.3) is 21.3 Å². The maximum Gasteiger partial charge on any atom is 0.263 e. The van der Waals surface area contributed by atoms with E-state index in [0.717, 1.165) is 27.3 Å². The molecule has 1 amide bonds. The normalized spacial score (nSPS) is 11.0. The van der Waals surface area contributed by atoms with Crippen molar-refractivity contribution in [2.45, 2.75) is 20.4 Å². The summed E-state index contributed by atoms with van der Waals surface area (Å²) in [7, 11) is 0. The Morgan fingerprint density at radius 1 is 1.14 bits per heavy atom. The van der Waals surface area contributed by atoms with E-state index in [1.807, 2.05) is 50.2 Å². The molecule has 0 aliphatic carbocycles. The van der Waals surface area contributed by atoms with Gasteiger partial charge in [0.1, 0.15) is 11.4 Å². The van der Waals surface area contributed by atoms with Crippen LogP contribution in [0, 0.1) is 13.8 Å². The molecule has 0 aliphatic rings. The number of thiophene rings is 1. The first-order valence-electron chi connectivity index (χ1n) is 9.04. The molecule has 4 rings (SSSR count). The Labute approximate surface area is 176 Å². The van der Waals surface area contributed by atoms with Crippen LogP contribution in [0.3, 0.4) is 0 Å². The quantitative estimate of drug-likeness (QED) is 0.500. The van der Waals surface area contributed by atoms with Gasteiger partial charge in [0.05, 0.1) is 11.7 Å². The van der Waals surface area contributed by atoms with E-state index in [-0.39, 0.29) is 18.0 Å². The van der Waals surface area contributed by atoms with Crippen molar-refractivity contribution in [1.29, 1.82) is 0 Å². The van der Waals surface area contributed by atoms with Crippen molar-refractivity contribution in [3.8, 4) is 11.1 Å². The van der Waals surface area contributed by atoms with E-state index in [1.54, 1.807) is 12.1 Å². The standard InChI is InChI=1S/C22H18ClN3O2S/c1-13-5-3-4-6-17(13)25-18(27)11-26-12-24-21-20(22(26)28)19(14(2)29-21)15-7-9-16(23)10-8-15/h3-10,12H,11H2,1-2H3,(H,25,27). The van der Waals surface area contributed by atoms with Gasteiger partial charge < -0.3 is 5.32 Å². The molecular weight excluding hydrogens is 406 g/mol. The number of nitrogens with zero attached hydrogens (tertiary/aromatic N) is 2. The highest BCUT2D eigenvalue weighted by molar-refractivity contribution is 7.19. The number of nitrogens with one attached hydrogen (secondary N) is 1. The first-order chi connectivity index (χ1) is 13.9. The fourth-order valence-corrected chi connectivity index (χ4v) is 4.40. The average molecular weight is 424 g/mol. The Balaban J connectivity index is 1.71. The number of para-hydroxylation sites is 1. The monoisotopic (exact) mass is 423 g/mol. The van der Waals surface area contributed by atoms with Gasteiger partial charge in [-0.1, -0.05) is 41.9 Å². The third-order valence-corrected chi connectivity index (χ3v) is 5.99. The SMILES string of the molecule is Cc1ccccc1NC(=O)Cn1cnc2sc(C)c(-c3ccc(Cl)cc3)c2c1=O. The minimum atomic E-state index is -0.275. The summed E-state index contributed by atoms with van der Waals surface area (Å²) in [5.74, 6) is -0.275. The number of benzene rings is 2. The summed E-state index contributed by atoms with van der Waals surface area (Å²) in [4.78, 5) is 31.8. The first kappa shape index (κ1) is 19.4. The molecule has 0 radical (unpaired) electrons. The van der Waals surface area contributed by atoms with E-state index in [1.165, 1.54) is 22.2 Å². The number of hydrogen-bond donors (Lipinski definition) is 1. The Kier molecular flexibility index (Phi) is 5.22. The molecule has 0 bridgehead atoms. The first-order valence-corrected chi connectivity index (χ1v) is 10.2. The zero-order chi connectivity index (χ0) is 20.5. The van der Waals surface area contributed by atoms with Gasteiger partial charge in [-0.05, 0) is 43.2 Å². The molecule has 4 aromatic rings. The molecule has 0 saturated heterocycles. The van der Waals surface area contributed by atoms with Crippen molar-refractivity contribution in [2.75, 3.05) is 5.32 Å². The number of hydrogen-bond acceptors (Lipinski definition) is 4. The second kappa shape index (κ2) is 7.81. The Morgan fingerprint density at radius 2 is 1.86 bits per heavy atom. The predicted molar refractivity (Wildman–Crippen MR) is 119 cm³/mol. The number of amides is 1. The number of fused-ring (bicyclic) bond motifs is 1. The Morgan fingerprint density at radius 3 is 2.59 bits per heavy atom. The van der Waals surface area contributed by atoms with E-state index in [0.29, 0.717) is 15.2 Å². The summed E-state index contributed by atoms with van der Waals surface area (Å²) in [6.45, 7) is 3.78. The van der Waals surface area contributed by atoms with Gasteiger partial charge >= 0.3 is 0 Å². The van der Waals surface area contributed by atoms with Crippen LogP contribution in [-0.2, 0) is 11.3 Å². The van der Waals surface area contributed by atoms with Gasteiger partial charge in [-0.15, -0.1) is 11.3 Å². The third kappa shape index (κ3) is 3.81. The lowest BCUT2D eigenvalue weighted by Crippen LogP contribution is -2.28. The summed E-state index contributed by atoms with van der Waals surface area (Å²) in [5, 5.41) is 4.02. The van der Waals surface area contributed by atoms with Crippen LogP contribution in [0.5, 0.6) is 0 Å². The van der Waals surface area contributed by atoms with E-state index in [2.05, 4.69) is 10.3 Å². The molecule has 5 nitrogen and oxygen atoms in total. The summed E-state index contributed by atoms with van der Waals surface area (Å²) in [6.07, 6.45) is 1.43. The average Bonchev–Trinajstić information content (AvgIpc) is 3.03. The molecule has 146 valence electrons. The lowest BCUT2D eigenvalue weighted by molar-refractivity contribution is -0.116. The smallest absolute Gasteiger partial charge is 0.263 e. The van der Waals surface area contributed by atoms with E-state index in [4.69, 9.17) is 11.6 Å². The molecular formula is C22H18ClN3O2S. The Hall–Kier alpha value is -2.96. The molecule has 29 heavy (non-hydrogen) atoms. The summed E-state index contributed by atoms with van der Waals surface area (Å²) in [5.41, 5.74) is 3.20. The molecule has 0 atom stereocenters. The van der Waals surface area contributed by atoms with Crippen LogP contribution < -0.4 is 10.9 Å². The highest BCUT2D eigenvalue weighted by Crippen LogP contribution is 2.35. The lowest BCUT2D eigenvalue weighted by Gasteiger charge is -2.09. The molecule has 7 heteroatoms. The lowest BCUT2D eigenvalue weighted by atomic mass is 10.0. The zero-order valence-corrected chi connectivity index (χ0v) is 17.5. The van der Waals surface area contributed by atoms with Gasteiger partial charge in [0.15, 0.2) is 0 Å². The Bertz CT molecular complexity index is 1280. The summed E-state index contributed by atoms with van der Waals surface area (Å²) >= 11 is 7.47. The minimum Gasteiger partial charge on any atom is -0.324 e. The van der Waals surface area contributed by atoms with E-state index < -0.39 is 0 Å². The van der Waals surface area contributed by atoms with E-state index >= 15 is 0 Å². The number of carbonyl (C=O) groups excluding carboxylic acids is 1. The highest BCUT2D eigenvalue weighted by atomic mass is 35.5. The molecule has 0 fully saturated rings. The zero-order valence-electron chi connectivity index (χ0n) is 15.9. The topological polar surface area (TPSA) is 64.0 Å². The second-order valence-electron chi connectivity index (χ2n) is 6.76. The van der Waals surface area contributed by atoms with Gasteiger partial charge in [0.2, 0.25) is 5.91 Å². The van der Waals surface area contributed by atoms with Crippen molar-refractivity contribution in [3.63, 3.8) is 0 Å². The minimum absolute atomic E-state index is 0.106. The van der Waals surface area contributed by atoms with Crippen molar-refractivity contribution in [2.24, 2.45) is 0 Å². The molecule has 0 saturated carbocycles. The van der Waals surface area contributed by atoms with Crippen LogP contribution in [0.1, 0.15) is 10.4 Å². The summed E-state index contributed by atoms with van der Waals surface area (Å²) in [6, 6.07) is 14.9. The molecule has 0 unspecified atom stereocenters. The highest BCUT2D eigenvalue weighted by Gasteiger charge is 2.18. The van der Waals surface area contributed by atoms with Gasteiger partial charge in [0.25, 0.3) is 5.56 Å². The van der Waals surface area contributed by atoms with Crippen molar-refractivity contribution in [1.82, 2.24) is 9.55 Å². The largest absolute Gasteiger partial charge is 0.324 e. The molecule has 0 spiro atoms. The fraction of sp³-hybridized carbons (Fsp3) is 0.136. The van der Waals surface area contributed by atoms with Crippen LogP contribution in [0.4, 0.5) is 5.69 Å². The van der Waals surface area contributed by atoms with Crippen LogP contribution in [0.15, 0.2) is 59.7 Å². The van der Waals surface area contributed by atoms with Crippen molar-refractivity contribution in [3.05, 3.63) is 80.7 Å². The molecule has 0 aliphatic heterocycles. The fourth-order valence-electron chi connectivity index (χ4n) is 3.27. The number of carbonyl (C=O) groups is 1. The number of aromatic nitrogens is 2. The maximum absolute atomic E-state index is 13.2. The van der Waals surface area contributed by atoms with Gasteiger partial charge in [-0.25, -0.2) is 4.98 Å². The second-order valence-corrected chi connectivity index (χ2v) is 8.40. The van der Waals surface area contributed by atoms with Crippen LogP contribution in [-0.4, -0.2) is 15.5 Å². The number of halogens is 1. The summed E-state index contributed by atoms with van der Waals surface area (Å²) < 4.78 is 1.35. The molecule has 2 aromatic heterocycles. The third-order valence-electron chi connectivity index (χ3n) is 4.72. The molecule has 2 aromatic carbocycles. The maximum atomic E-state index is 13.2. The number of aryl methyl sites for hydroxylation is 2.